The molecule has 0 spiro atoms. The molecule has 0 amide bonds. The normalized spacial score (nSPS) is 11.0. The maximum Gasteiger partial charge on any atom is 0.0998 e. The van der Waals surface area contributed by atoms with Crippen LogP contribution in [0.4, 0.5) is 0 Å². The molecule has 0 radical (unpaired) electrons. The Morgan fingerprint density at radius 1 is 0.365 bits per heavy atom. The molecule has 0 aliphatic carbocycles. The molecule has 0 unspecified atom stereocenters. The highest BCUT2D eigenvalue weighted by Crippen LogP contribution is 2.43. The summed E-state index contributed by atoms with van der Waals surface area (Å²) >= 11 is 0. The first-order chi connectivity index (χ1) is 25.6. The van der Waals surface area contributed by atoms with E-state index in [-0.39, 0.29) is 0 Å². The summed E-state index contributed by atoms with van der Waals surface area (Å²) in [6.45, 7) is 0. The third-order valence-corrected chi connectivity index (χ3v) is 9.89. The lowest BCUT2D eigenvalue weighted by Gasteiger charge is -2.12. The highest BCUT2D eigenvalue weighted by molar-refractivity contribution is 6.18. The number of hydrogen-bond donors (Lipinski definition) is 0. The van der Waals surface area contributed by atoms with Crippen LogP contribution in [0.1, 0.15) is 22.3 Å². The van der Waals surface area contributed by atoms with Crippen LogP contribution in [0.25, 0.3) is 77.2 Å². The van der Waals surface area contributed by atoms with Crippen LogP contribution in [-0.2, 0) is 0 Å². The van der Waals surface area contributed by atoms with Gasteiger partial charge in [-0.15, -0.1) is 0 Å². The summed E-state index contributed by atoms with van der Waals surface area (Å²) in [6, 6.07) is 56.8. The van der Waals surface area contributed by atoms with Gasteiger partial charge in [0.2, 0.25) is 0 Å². The molecule has 9 rings (SSSR count). The van der Waals surface area contributed by atoms with E-state index in [2.05, 4.69) is 94.1 Å². The van der Waals surface area contributed by atoms with Gasteiger partial charge in [-0.05, 0) is 83.9 Å². The van der Waals surface area contributed by atoms with Crippen LogP contribution < -0.4 is 0 Å². The number of fused-ring (bicyclic) bond motifs is 6. The molecule has 9 aromatic rings. The minimum absolute atomic E-state index is 0.415. The van der Waals surface area contributed by atoms with E-state index in [4.69, 9.17) is 0 Å². The van der Waals surface area contributed by atoms with Crippen LogP contribution in [-0.4, -0.2) is 9.13 Å². The zero-order chi connectivity index (χ0) is 35.3. The molecule has 0 bridgehead atoms. The summed E-state index contributed by atoms with van der Waals surface area (Å²) in [7, 11) is 0. The largest absolute Gasteiger partial charge is 0.309 e. The van der Waals surface area contributed by atoms with Crippen molar-refractivity contribution >= 4 is 43.6 Å². The van der Waals surface area contributed by atoms with Gasteiger partial charge in [-0.1, -0.05) is 72.8 Å². The van der Waals surface area contributed by atoms with Crippen molar-refractivity contribution in [1.82, 2.24) is 9.13 Å². The lowest BCUT2D eigenvalue weighted by atomic mass is 9.91. The first kappa shape index (κ1) is 30.2. The number of nitrogens with zero attached hydrogens (tertiary/aromatic N) is 6. The van der Waals surface area contributed by atoms with Crippen molar-refractivity contribution in [2.75, 3.05) is 0 Å². The quantitative estimate of drug-likeness (QED) is 0.187. The molecule has 2 heterocycles. The second-order valence-electron chi connectivity index (χ2n) is 12.6. The van der Waals surface area contributed by atoms with Gasteiger partial charge in [0.1, 0.15) is 0 Å². The van der Waals surface area contributed by atoms with Crippen LogP contribution in [0.3, 0.4) is 0 Å². The molecule has 0 aliphatic rings. The van der Waals surface area contributed by atoms with E-state index in [1.807, 2.05) is 48.5 Å². The van der Waals surface area contributed by atoms with Gasteiger partial charge in [0, 0.05) is 44.0 Å². The van der Waals surface area contributed by atoms with Crippen molar-refractivity contribution in [2.24, 2.45) is 0 Å². The Kier molecular flexibility index (Phi) is 6.91. The zero-order valence-electron chi connectivity index (χ0n) is 27.5. The third-order valence-electron chi connectivity index (χ3n) is 9.89. The van der Waals surface area contributed by atoms with E-state index in [0.29, 0.717) is 33.4 Å². The predicted octanol–water partition coefficient (Wildman–Crippen LogP) is 10.7. The molecule has 2 aromatic heterocycles. The van der Waals surface area contributed by atoms with Crippen LogP contribution in [0.15, 0.2) is 146 Å². The fourth-order valence-electron chi connectivity index (χ4n) is 7.74. The van der Waals surface area contributed by atoms with Crippen molar-refractivity contribution in [3.63, 3.8) is 0 Å². The Labute approximate surface area is 298 Å². The standard InChI is InChI=1S/C46H24N6/c47-25-30-9-6-10-31(26-48)44(30)29-19-21-37-43(23-29)52(42-18-8-16-38(46(37)42)45-32(27-49)11-7-12-33(45)28-50)35-20-22-41-39(24-35)36-15-4-5-17-40(36)51(41)34-13-2-1-3-14-34/h1-24H. The first-order valence-electron chi connectivity index (χ1n) is 16.7. The molecule has 0 saturated carbocycles. The van der Waals surface area contributed by atoms with Crippen LogP contribution in [0.5, 0.6) is 0 Å². The molecular formula is C46H24N6. The molecular weight excluding hydrogens is 637 g/mol. The second-order valence-corrected chi connectivity index (χ2v) is 12.6. The van der Waals surface area contributed by atoms with Gasteiger partial charge in [-0.3, -0.25) is 0 Å². The van der Waals surface area contributed by atoms with Crippen molar-refractivity contribution in [2.45, 2.75) is 0 Å². The number of nitriles is 4. The van der Waals surface area contributed by atoms with E-state index in [0.717, 1.165) is 66.1 Å². The number of para-hydroxylation sites is 2. The highest BCUT2D eigenvalue weighted by atomic mass is 15.0. The van der Waals surface area contributed by atoms with Crippen molar-refractivity contribution in [3.8, 4) is 57.9 Å². The molecule has 0 atom stereocenters. The van der Waals surface area contributed by atoms with Gasteiger partial charge >= 0.3 is 0 Å². The maximum atomic E-state index is 10.2. The van der Waals surface area contributed by atoms with Gasteiger partial charge < -0.3 is 9.13 Å². The summed E-state index contributed by atoms with van der Waals surface area (Å²) in [4.78, 5) is 0. The number of hydrogen-bond acceptors (Lipinski definition) is 4. The van der Waals surface area contributed by atoms with E-state index in [9.17, 15) is 21.0 Å². The maximum absolute atomic E-state index is 10.2. The Hall–Kier alpha value is -7.90. The van der Waals surface area contributed by atoms with Crippen molar-refractivity contribution < 1.29 is 0 Å². The van der Waals surface area contributed by atoms with Gasteiger partial charge in [0.25, 0.3) is 0 Å². The Balaban J connectivity index is 1.41. The summed E-state index contributed by atoms with van der Waals surface area (Å²) in [5.41, 5.74) is 10.3. The number of rotatable bonds is 4. The van der Waals surface area contributed by atoms with Crippen molar-refractivity contribution in [3.05, 3.63) is 168 Å². The summed E-state index contributed by atoms with van der Waals surface area (Å²) in [6.07, 6.45) is 0. The molecule has 0 saturated heterocycles. The van der Waals surface area contributed by atoms with Crippen molar-refractivity contribution in [1.29, 1.82) is 21.0 Å². The number of benzene rings is 7. The van der Waals surface area contributed by atoms with E-state index < -0.39 is 0 Å². The number of aromatic nitrogens is 2. The second kappa shape index (κ2) is 11.9. The molecule has 7 aromatic carbocycles. The molecule has 238 valence electrons. The molecule has 0 N–H and O–H groups in total. The minimum Gasteiger partial charge on any atom is -0.309 e. The Morgan fingerprint density at radius 2 is 0.942 bits per heavy atom. The zero-order valence-corrected chi connectivity index (χ0v) is 27.5. The molecule has 0 aliphatic heterocycles. The monoisotopic (exact) mass is 660 g/mol. The van der Waals surface area contributed by atoms with E-state index >= 15 is 0 Å². The van der Waals surface area contributed by atoms with Gasteiger partial charge in [0.05, 0.1) is 68.6 Å². The highest BCUT2D eigenvalue weighted by Gasteiger charge is 2.22. The summed E-state index contributed by atoms with van der Waals surface area (Å²) in [5, 5.41) is 44.5. The predicted molar refractivity (Wildman–Crippen MR) is 205 cm³/mol. The average Bonchev–Trinajstić information content (AvgIpc) is 3.72. The molecule has 6 heteroatoms. The smallest absolute Gasteiger partial charge is 0.0998 e. The summed E-state index contributed by atoms with van der Waals surface area (Å²) in [5.74, 6) is 0. The third kappa shape index (κ3) is 4.40. The lowest BCUT2D eigenvalue weighted by molar-refractivity contribution is 1.17. The molecule has 52 heavy (non-hydrogen) atoms. The average molecular weight is 661 g/mol. The van der Waals surface area contributed by atoms with Crippen LogP contribution >= 0.6 is 0 Å². The Bertz CT molecular complexity index is 3050. The van der Waals surface area contributed by atoms with E-state index in [1.54, 1.807) is 36.4 Å². The minimum atomic E-state index is 0.415. The van der Waals surface area contributed by atoms with Gasteiger partial charge in [-0.25, -0.2) is 0 Å². The van der Waals surface area contributed by atoms with Crippen LogP contribution in [0, 0.1) is 45.3 Å². The fourth-order valence-corrected chi connectivity index (χ4v) is 7.74. The first-order valence-corrected chi connectivity index (χ1v) is 16.7. The molecule has 6 nitrogen and oxygen atoms in total. The fraction of sp³-hybridized carbons (Fsp3) is 0. The van der Waals surface area contributed by atoms with Gasteiger partial charge in [0.15, 0.2) is 0 Å². The molecule has 0 fully saturated rings. The Morgan fingerprint density at radius 3 is 1.63 bits per heavy atom. The van der Waals surface area contributed by atoms with E-state index in [1.165, 1.54) is 0 Å². The van der Waals surface area contributed by atoms with Crippen LogP contribution in [0.2, 0.25) is 0 Å². The summed E-state index contributed by atoms with van der Waals surface area (Å²) < 4.78 is 4.48. The van der Waals surface area contributed by atoms with Gasteiger partial charge in [-0.2, -0.15) is 21.0 Å². The lowest BCUT2D eigenvalue weighted by Crippen LogP contribution is -1.96. The SMILES string of the molecule is N#Cc1cccc(C#N)c1-c1ccc2c3c(-c4c(C#N)cccc4C#N)cccc3n(-c3ccc4c(c3)c3ccccc3n4-c3ccccc3)c2c1. The topological polar surface area (TPSA) is 105 Å².